The Bertz CT molecular complexity index is 824. The fourth-order valence-corrected chi connectivity index (χ4v) is 3.21. The number of nitrogen functional groups attached to an aromatic ring is 1. The molecule has 0 radical (unpaired) electrons. The molecule has 25 heavy (non-hydrogen) atoms. The van der Waals surface area contributed by atoms with Gasteiger partial charge in [-0.3, -0.25) is 4.57 Å². The number of aromatic nitrogens is 3. The van der Waals surface area contributed by atoms with E-state index in [0.29, 0.717) is 11.0 Å². The molecule has 0 amide bonds. The van der Waals surface area contributed by atoms with Crippen molar-refractivity contribution in [3.8, 4) is 0 Å². The highest BCUT2D eigenvalue weighted by atomic mass is 31.2. The van der Waals surface area contributed by atoms with E-state index in [9.17, 15) is 14.8 Å². The summed E-state index contributed by atoms with van der Waals surface area (Å²) in [5.41, 5.74) is 4.41. The Hall–Kier alpha value is -1.59. The summed E-state index contributed by atoms with van der Waals surface area (Å²) in [5.74, 6) is 0.247. The van der Waals surface area contributed by atoms with Crippen LogP contribution in [-0.4, -0.2) is 58.9 Å². The number of hydrogen-bond donors (Lipinski definition) is 5. The lowest BCUT2D eigenvalue weighted by Crippen LogP contribution is -2.46. The van der Waals surface area contributed by atoms with Crippen LogP contribution in [0.2, 0.25) is 0 Å². The molecule has 1 unspecified atom stereocenters. The maximum absolute atomic E-state index is 11.0. The number of fused-ring (bicyclic) bond motifs is 1. The van der Waals surface area contributed by atoms with E-state index in [1.54, 1.807) is 19.2 Å². The van der Waals surface area contributed by atoms with Crippen molar-refractivity contribution >= 4 is 24.4 Å². The van der Waals surface area contributed by atoms with Gasteiger partial charge in [-0.05, 0) is 12.5 Å². The van der Waals surface area contributed by atoms with Crippen LogP contribution in [0, 0.1) is 0 Å². The highest BCUT2D eigenvalue weighted by molar-refractivity contribution is 7.51. The summed E-state index contributed by atoms with van der Waals surface area (Å²) < 4.78 is 23.0. The molecular weight excluding hydrogens is 355 g/mol. The Labute approximate surface area is 142 Å². The Morgan fingerprint density at radius 3 is 2.84 bits per heavy atom. The van der Waals surface area contributed by atoms with Gasteiger partial charge >= 0.3 is 7.60 Å². The van der Waals surface area contributed by atoms with Gasteiger partial charge in [0.25, 0.3) is 0 Å². The molecule has 12 heteroatoms. The fourth-order valence-electron chi connectivity index (χ4n) is 2.87. The molecule has 1 aliphatic rings. The molecule has 138 valence electrons. The van der Waals surface area contributed by atoms with E-state index in [1.165, 1.54) is 10.9 Å². The number of aliphatic hydroxyl groups is 2. The second-order valence-electron chi connectivity index (χ2n) is 5.83. The minimum atomic E-state index is -4.46. The monoisotopic (exact) mass is 374 g/mol. The highest BCUT2D eigenvalue weighted by Crippen LogP contribution is 2.44. The zero-order valence-corrected chi connectivity index (χ0v) is 14.2. The van der Waals surface area contributed by atoms with Gasteiger partial charge in [-0.25, -0.2) is 9.97 Å². The van der Waals surface area contributed by atoms with Crippen LogP contribution in [0.4, 0.5) is 5.82 Å². The largest absolute Gasteiger partial charge is 0.385 e. The van der Waals surface area contributed by atoms with Gasteiger partial charge in [0.15, 0.2) is 18.9 Å². The van der Waals surface area contributed by atoms with Gasteiger partial charge in [0.05, 0.1) is 5.39 Å². The quantitative estimate of drug-likeness (QED) is 0.430. The van der Waals surface area contributed by atoms with Gasteiger partial charge in [0, 0.05) is 6.20 Å². The van der Waals surface area contributed by atoms with Crippen LogP contribution in [0.5, 0.6) is 0 Å². The second-order valence-corrected chi connectivity index (χ2v) is 7.41. The predicted molar refractivity (Wildman–Crippen MR) is 85.1 cm³/mol. The normalized spacial score (nSPS) is 30.2. The van der Waals surface area contributed by atoms with Crippen molar-refractivity contribution < 1.29 is 34.0 Å². The van der Waals surface area contributed by atoms with Crippen LogP contribution < -0.4 is 5.73 Å². The standard InChI is InChI=1S/C13H19N4O7P/c1-2-13(19)8(18)11(23-6-25(20,21)22)24-12(13)17-4-3-7-9(14)15-5-16-10(7)17/h3-5,8,11-12,18-19H,2,6H2,1H3,(H2,14,15,16)(H2,20,21,22)/t8?,11-,12+,13+/m0/s1. The Balaban J connectivity index is 1.96. The number of rotatable bonds is 5. The molecular formula is C13H19N4O7P. The van der Waals surface area contributed by atoms with Crippen LogP contribution in [0.25, 0.3) is 11.0 Å². The number of ether oxygens (including phenoxy) is 2. The minimum absolute atomic E-state index is 0.0921. The molecule has 2 aromatic rings. The van der Waals surface area contributed by atoms with E-state index in [2.05, 4.69) is 9.97 Å². The molecule has 3 rings (SSSR count). The van der Waals surface area contributed by atoms with Crippen molar-refractivity contribution in [2.24, 2.45) is 0 Å². The molecule has 3 heterocycles. The first-order valence-corrected chi connectivity index (χ1v) is 9.26. The number of nitrogens with two attached hydrogens (primary N) is 1. The van der Waals surface area contributed by atoms with Crippen molar-refractivity contribution in [1.29, 1.82) is 0 Å². The third-order valence-corrected chi connectivity index (χ3v) is 4.71. The van der Waals surface area contributed by atoms with Crippen molar-refractivity contribution in [3.05, 3.63) is 18.6 Å². The van der Waals surface area contributed by atoms with E-state index in [4.69, 9.17) is 25.0 Å². The first kappa shape index (κ1) is 18.2. The summed E-state index contributed by atoms with van der Waals surface area (Å²) in [7, 11) is -4.46. The van der Waals surface area contributed by atoms with Gasteiger partial charge < -0.3 is 39.8 Å². The molecule has 11 nitrogen and oxygen atoms in total. The van der Waals surface area contributed by atoms with Crippen LogP contribution in [-0.2, 0) is 14.0 Å². The van der Waals surface area contributed by atoms with Crippen LogP contribution >= 0.6 is 7.60 Å². The van der Waals surface area contributed by atoms with Gasteiger partial charge in [-0.1, -0.05) is 6.92 Å². The Kier molecular flexibility index (Phi) is 4.58. The molecule has 0 saturated carbocycles. The summed E-state index contributed by atoms with van der Waals surface area (Å²) in [6.45, 7) is 1.64. The molecule has 1 aliphatic heterocycles. The molecule has 0 bridgehead atoms. The Morgan fingerprint density at radius 1 is 1.48 bits per heavy atom. The lowest BCUT2D eigenvalue weighted by molar-refractivity contribution is -0.167. The maximum Gasteiger partial charge on any atom is 0.351 e. The van der Waals surface area contributed by atoms with E-state index < -0.39 is 38.2 Å². The molecule has 4 atom stereocenters. The smallest absolute Gasteiger partial charge is 0.351 e. The lowest BCUT2D eigenvalue weighted by atomic mass is 9.93. The molecule has 2 aromatic heterocycles. The van der Waals surface area contributed by atoms with Crippen molar-refractivity contribution in [1.82, 2.24) is 14.5 Å². The van der Waals surface area contributed by atoms with Crippen LogP contribution in [0.15, 0.2) is 18.6 Å². The molecule has 1 fully saturated rings. The summed E-state index contributed by atoms with van der Waals surface area (Å²) >= 11 is 0. The molecule has 1 saturated heterocycles. The van der Waals surface area contributed by atoms with E-state index in [0.717, 1.165) is 0 Å². The first-order valence-electron chi connectivity index (χ1n) is 7.46. The van der Waals surface area contributed by atoms with E-state index in [1.807, 2.05) is 0 Å². The molecule has 6 N–H and O–H groups in total. The predicted octanol–water partition coefficient (Wildman–Crippen LogP) is -0.478. The average Bonchev–Trinajstić information content (AvgIpc) is 3.07. The Morgan fingerprint density at radius 2 is 2.20 bits per heavy atom. The van der Waals surface area contributed by atoms with Crippen LogP contribution in [0.3, 0.4) is 0 Å². The zero-order valence-electron chi connectivity index (χ0n) is 13.3. The molecule has 0 aliphatic carbocycles. The first-order chi connectivity index (χ1) is 11.7. The molecule has 0 aromatic carbocycles. The number of anilines is 1. The van der Waals surface area contributed by atoms with Crippen LogP contribution in [0.1, 0.15) is 19.6 Å². The maximum atomic E-state index is 11.0. The third kappa shape index (κ3) is 3.15. The summed E-state index contributed by atoms with van der Waals surface area (Å²) in [4.78, 5) is 25.8. The average molecular weight is 374 g/mol. The van der Waals surface area contributed by atoms with Gasteiger partial charge in [-0.2, -0.15) is 0 Å². The number of hydrogen-bond acceptors (Lipinski definition) is 8. The molecule has 0 spiro atoms. The number of aliphatic hydroxyl groups excluding tert-OH is 1. The fraction of sp³-hybridized carbons (Fsp3) is 0.538. The zero-order chi connectivity index (χ0) is 18.4. The number of nitrogens with zero attached hydrogens (tertiary/aromatic N) is 3. The van der Waals surface area contributed by atoms with E-state index >= 15 is 0 Å². The topological polar surface area (TPSA) is 173 Å². The van der Waals surface area contributed by atoms with Gasteiger partial charge in [-0.15, -0.1) is 0 Å². The van der Waals surface area contributed by atoms with Gasteiger partial charge in [0.2, 0.25) is 0 Å². The van der Waals surface area contributed by atoms with Crippen molar-refractivity contribution in [2.45, 2.75) is 37.6 Å². The SMILES string of the molecule is CC[C@@]1(O)C(O)[C@@H](OCP(=O)(O)O)O[C@H]1n1ccc2c(N)ncnc21. The minimum Gasteiger partial charge on any atom is -0.385 e. The van der Waals surface area contributed by atoms with Gasteiger partial charge in [0.1, 0.15) is 29.5 Å². The van der Waals surface area contributed by atoms with Crippen molar-refractivity contribution in [2.75, 3.05) is 12.1 Å². The lowest BCUT2D eigenvalue weighted by Gasteiger charge is -2.30. The summed E-state index contributed by atoms with van der Waals surface area (Å²) in [6.07, 6.45) is -2.06. The summed E-state index contributed by atoms with van der Waals surface area (Å²) in [5, 5.41) is 21.8. The third-order valence-electron chi connectivity index (χ3n) is 4.23. The van der Waals surface area contributed by atoms with Crippen molar-refractivity contribution in [3.63, 3.8) is 0 Å². The second kappa shape index (κ2) is 6.29. The van der Waals surface area contributed by atoms with E-state index in [-0.39, 0.29) is 12.2 Å². The highest BCUT2D eigenvalue weighted by Gasteiger charge is 2.56. The summed E-state index contributed by atoms with van der Waals surface area (Å²) in [6, 6.07) is 1.64.